The molecule has 0 aliphatic rings. The lowest BCUT2D eigenvalue weighted by atomic mass is 10.0. The molecule has 0 bridgehead atoms. The maximum absolute atomic E-state index is 13.4. The van der Waals surface area contributed by atoms with Crippen LogP contribution in [-0.4, -0.2) is 36.8 Å². The number of halogens is 3. The highest BCUT2D eigenvalue weighted by atomic mass is 19.4. The Morgan fingerprint density at radius 1 is 0.580 bits per heavy atom. The summed E-state index contributed by atoms with van der Waals surface area (Å²) in [5.41, 5.74) is 2.29. The van der Waals surface area contributed by atoms with Crippen LogP contribution in [-0.2, 0) is 9.47 Å². The summed E-state index contributed by atoms with van der Waals surface area (Å²) >= 11 is 0. The van der Waals surface area contributed by atoms with E-state index in [1.807, 2.05) is 6.92 Å². The second-order valence-electron chi connectivity index (χ2n) is 12.5. The van der Waals surface area contributed by atoms with Crippen molar-refractivity contribution in [2.24, 2.45) is 0 Å². The van der Waals surface area contributed by atoms with Crippen molar-refractivity contribution >= 4 is 28.7 Å². The minimum atomic E-state index is -4.63. The average Bonchev–Trinajstić information content (AvgIpc) is 3.11. The Balaban J connectivity index is 1.30. The number of fused-ring (bicyclic) bond motifs is 1. The summed E-state index contributed by atoms with van der Waals surface area (Å²) in [6.07, 6.45) is 2.33. The highest BCUT2D eigenvalue weighted by molar-refractivity contribution is 5.99. The largest absolute Gasteiger partial charge is 0.462 e. The molecule has 0 spiro atoms. The summed E-state index contributed by atoms with van der Waals surface area (Å²) in [6, 6.07) is 23.1. The molecule has 4 aromatic rings. The molecule has 0 aromatic heterocycles. The lowest BCUT2D eigenvalue weighted by Crippen LogP contribution is -2.33. The molecule has 0 aliphatic heterocycles. The van der Waals surface area contributed by atoms with E-state index in [1.165, 1.54) is 31.4 Å². The third-order valence-electron chi connectivity index (χ3n) is 8.50. The first-order valence-corrected chi connectivity index (χ1v) is 17.5. The Labute approximate surface area is 291 Å². The van der Waals surface area contributed by atoms with Gasteiger partial charge in [-0.05, 0) is 89.7 Å². The van der Waals surface area contributed by atoms with Gasteiger partial charge in [0.2, 0.25) is 0 Å². The maximum atomic E-state index is 13.4. The SMILES string of the molecule is CCCCCCCCOC(=O)c1ccc2cc(C(=O)Oc3ccc(-c4ccc(C(=O)OC(CCCCCC)C(F)(F)F)cc4)cc3)ccc2c1. The third-order valence-corrected chi connectivity index (χ3v) is 8.50. The molecule has 0 N–H and O–H groups in total. The van der Waals surface area contributed by atoms with Crippen molar-refractivity contribution < 1.29 is 41.8 Å². The van der Waals surface area contributed by atoms with Crippen LogP contribution in [0.25, 0.3) is 21.9 Å². The Bertz CT molecular complexity index is 1700. The smallest absolute Gasteiger partial charge is 0.425 e. The van der Waals surface area contributed by atoms with Crippen LogP contribution in [0, 0.1) is 0 Å². The number of carbonyl (C=O) groups excluding carboxylic acids is 3. The zero-order valence-electron chi connectivity index (χ0n) is 28.7. The quantitative estimate of drug-likeness (QED) is 0.0587. The third kappa shape index (κ3) is 11.5. The molecule has 6 nitrogen and oxygen atoms in total. The lowest BCUT2D eigenvalue weighted by molar-refractivity contribution is -0.206. The van der Waals surface area contributed by atoms with Crippen LogP contribution < -0.4 is 4.74 Å². The van der Waals surface area contributed by atoms with Crippen LogP contribution in [0.3, 0.4) is 0 Å². The first-order chi connectivity index (χ1) is 24.1. The fourth-order valence-corrected chi connectivity index (χ4v) is 5.55. The first kappa shape index (κ1) is 38.1. The fourth-order valence-electron chi connectivity index (χ4n) is 5.55. The Morgan fingerprint density at radius 2 is 1.08 bits per heavy atom. The number of alkyl halides is 3. The van der Waals surface area contributed by atoms with Crippen LogP contribution in [0.1, 0.15) is 116 Å². The predicted octanol–water partition coefficient (Wildman–Crippen LogP) is 11.3. The van der Waals surface area contributed by atoms with Gasteiger partial charge < -0.3 is 14.2 Å². The minimum absolute atomic E-state index is 0.0251. The van der Waals surface area contributed by atoms with Gasteiger partial charge in [0.15, 0.2) is 6.10 Å². The number of rotatable bonds is 18. The second-order valence-corrected chi connectivity index (χ2v) is 12.5. The first-order valence-electron chi connectivity index (χ1n) is 17.5. The summed E-state index contributed by atoms with van der Waals surface area (Å²) in [5, 5.41) is 1.57. The van der Waals surface area contributed by atoms with Gasteiger partial charge in [-0.2, -0.15) is 13.2 Å². The summed E-state index contributed by atoms with van der Waals surface area (Å²) in [7, 11) is 0. The number of esters is 3. The number of hydrogen-bond donors (Lipinski definition) is 0. The van der Waals surface area contributed by atoms with Crippen LogP contribution >= 0.6 is 0 Å². The van der Waals surface area contributed by atoms with E-state index in [9.17, 15) is 27.6 Å². The topological polar surface area (TPSA) is 78.9 Å². The molecule has 0 radical (unpaired) electrons. The van der Waals surface area contributed by atoms with Gasteiger partial charge in [-0.1, -0.05) is 102 Å². The Morgan fingerprint density at radius 3 is 1.66 bits per heavy atom. The van der Waals surface area contributed by atoms with Crippen LogP contribution in [0.2, 0.25) is 0 Å². The van der Waals surface area contributed by atoms with E-state index in [0.29, 0.717) is 41.9 Å². The van der Waals surface area contributed by atoms with Gasteiger partial charge in [-0.15, -0.1) is 0 Å². The molecule has 0 amide bonds. The fraction of sp³-hybridized carbons (Fsp3) is 0.390. The van der Waals surface area contributed by atoms with Crippen molar-refractivity contribution in [3.05, 3.63) is 102 Å². The summed E-state index contributed by atoms with van der Waals surface area (Å²) in [5.74, 6) is -1.62. The summed E-state index contributed by atoms with van der Waals surface area (Å²) < 4.78 is 56.2. The van der Waals surface area contributed by atoms with Crippen LogP contribution in [0.15, 0.2) is 84.9 Å². The highest BCUT2D eigenvalue weighted by Crippen LogP contribution is 2.29. The van der Waals surface area contributed by atoms with Crippen molar-refractivity contribution in [2.45, 2.75) is 96.8 Å². The van der Waals surface area contributed by atoms with Gasteiger partial charge in [-0.25, -0.2) is 14.4 Å². The maximum Gasteiger partial charge on any atom is 0.425 e. The lowest BCUT2D eigenvalue weighted by Gasteiger charge is -2.20. The van der Waals surface area contributed by atoms with Crippen molar-refractivity contribution in [1.82, 2.24) is 0 Å². The van der Waals surface area contributed by atoms with Crippen molar-refractivity contribution in [3.63, 3.8) is 0 Å². The second kappa shape index (κ2) is 18.9. The number of benzene rings is 4. The Hall–Kier alpha value is -4.66. The number of hydrogen-bond acceptors (Lipinski definition) is 6. The monoisotopic (exact) mass is 690 g/mol. The summed E-state index contributed by atoms with van der Waals surface area (Å²) in [6.45, 7) is 4.54. The molecule has 1 atom stereocenters. The molecule has 0 saturated heterocycles. The van der Waals surface area contributed by atoms with Crippen molar-refractivity contribution in [1.29, 1.82) is 0 Å². The van der Waals surface area contributed by atoms with Gasteiger partial charge in [0.25, 0.3) is 0 Å². The molecule has 0 saturated carbocycles. The molecule has 266 valence electrons. The zero-order valence-corrected chi connectivity index (χ0v) is 28.7. The number of ether oxygens (including phenoxy) is 3. The molecule has 50 heavy (non-hydrogen) atoms. The van der Waals surface area contributed by atoms with E-state index in [-0.39, 0.29) is 18.0 Å². The van der Waals surface area contributed by atoms with E-state index in [1.54, 1.807) is 72.8 Å². The molecule has 9 heteroatoms. The van der Waals surface area contributed by atoms with Gasteiger partial charge >= 0.3 is 24.1 Å². The van der Waals surface area contributed by atoms with Crippen LogP contribution in [0.4, 0.5) is 13.2 Å². The normalized spacial score (nSPS) is 12.0. The average molecular weight is 691 g/mol. The number of carbonyl (C=O) groups is 3. The Kier molecular flexibility index (Phi) is 14.4. The van der Waals surface area contributed by atoms with E-state index in [0.717, 1.165) is 48.4 Å². The molecule has 0 fully saturated rings. The predicted molar refractivity (Wildman–Crippen MR) is 188 cm³/mol. The van der Waals surface area contributed by atoms with E-state index in [2.05, 4.69) is 6.92 Å². The van der Waals surface area contributed by atoms with E-state index >= 15 is 0 Å². The van der Waals surface area contributed by atoms with Gasteiger partial charge in [0.05, 0.1) is 23.3 Å². The van der Waals surface area contributed by atoms with E-state index in [4.69, 9.17) is 14.2 Å². The molecular weight excluding hydrogens is 645 g/mol. The molecule has 4 rings (SSSR count). The molecule has 0 aliphatic carbocycles. The van der Waals surface area contributed by atoms with Gasteiger partial charge in [0.1, 0.15) is 5.75 Å². The van der Waals surface area contributed by atoms with Gasteiger partial charge in [0, 0.05) is 0 Å². The van der Waals surface area contributed by atoms with E-state index < -0.39 is 24.2 Å². The van der Waals surface area contributed by atoms with Crippen LogP contribution in [0.5, 0.6) is 5.75 Å². The highest BCUT2D eigenvalue weighted by Gasteiger charge is 2.42. The summed E-state index contributed by atoms with van der Waals surface area (Å²) in [4.78, 5) is 38.0. The number of unbranched alkanes of at least 4 members (excludes halogenated alkanes) is 8. The standard InChI is InChI=1S/C41H45F3O6/c1-3-5-7-9-10-12-26-48-38(45)34-20-18-33-28-35(21-19-32(33)27-34)40(47)49-36-24-22-30(23-25-36)29-14-16-31(17-15-29)39(46)50-37(41(42,43)44)13-11-8-6-4-2/h14-25,27-28,37H,3-13,26H2,1-2H3. The molecule has 1 unspecified atom stereocenters. The molecular formula is C41H45F3O6. The zero-order chi connectivity index (χ0) is 35.9. The molecule has 0 heterocycles. The molecule has 4 aromatic carbocycles. The van der Waals surface area contributed by atoms with Crippen molar-refractivity contribution in [2.75, 3.05) is 6.61 Å². The van der Waals surface area contributed by atoms with Gasteiger partial charge in [-0.3, -0.25) is 0 Å². The minimum Gasteiger partial charge on any atom is -0.462 e. The van der Waals surface area contributed by atoms with Crippen molar-refractivity contribution in [3.8, 4) is 16.9 Å².